The zero-order chi connectivity index (χ0) is 15.8. The van der Waals surface area contributed by atoms with Crippen LogP contribution in [0.3, 0.4) is 0 Å². The van der Waals surface area contributed by atoms with Crippen LogP contribution in [0.1, 0.15) is 56.3 Å². The van der Waals surface area contributed by atoms with Crippen LogP contribution in [0.15, 0.2) is 16.5 Å². The van der Waals surface area contributed by atoms with E-state index in [1.165, 1.54) is 0 Å². The summed E-state index contributed by atoms with van der Waals surface area (Å²) in [7, 11) is 0. The van der Waals surface area contributed by atoms with E-state index in [1.54, 1.807) is 12.1 Å². The average molecular weight is 295 g/mol. The third kappa shape index (κ3) is 6.02. The molecule has 0 aliphatic carbocycles. The van der Waals surface area contributed by atoms with Crippen molar-refractivity contribution in [1.29, 1.82) is 0 Å². The Labute approximate surface area is 125 Å². The van der Waals surface area contributed by atoms with Crippen molar-refractivity contribution in [2.24, 2.45) is 11.8 Å². The summed E-state index contributed by atoms with van der Waals surface area (Å²) < 4.78 is 5.39. The highest BCUT2D eigenvalue weighted by Gasteiger charge is 2.16. The summed E-state index contributed by atoms with van der Waals surface area (Å²) in [5.41, 5.74) is 0. The van der Waals surface area contributed by atoms with Gasteiger partial charge in [-0.2, -0.15) is 0 Å². The molecule has 1 amide bonds. The quantitative estimate of drug-likeness (QED) is 0.733. The number of carbonyl (C=O) groups is 2. The van der Waals surface area contributed by atoms with E-state index < -0.39 is 5.97 Å². The molecule has 0 aliphatic rings. The lowest BCUT2D eigenvalue weighted by Gasteiger charge is -2.20. The molecule has 5 nitrogen and oxygen atoms in total. The molecule has 1 atom stereocenters. The highest BCUT2D eigenvalue weighted by molar-refractivity contribution is 5.91. The first-order chi connectivity index (χ1) is 9.93. The Morgan fingerprint density at radius 3 is 2.52 bits per heavy atom. The molecular formula is C16H25NO4. The number of aliphatic carboxylic acids is 1. The van der Waals surface area contributed by atoms with Crippen LogP contribution in [0, 0.1) is 11.8 Å². The summed E-state index contributed by atoms with van der Waals surface area (Å²) in [5, 5.41) is 11.6. The molecule has 0 saturated carbocycles. The van der Waals surface area contributed by atoms with E-state index in [2.05, 4.69) is 19.2 Å². The van der Waals surface area contributed by atoms with Crippen LogP contribution in [0.5, 0.6) is 0 Å². The molecule has 0 aliphatic heterocycles. The molecule has 21 heavy (non-hydrogen) atoms. The molecule has 0 saturated heterocycles. The smallest absolute Gasteiger partial charge is 0.303 e. The van der Waals surface area contributed by atoms with Crippen molar-refractivity contribution < 1.29 is 19.1 Å². The number of furan rings is 1. The lowest BCUT2D eigenvalue weighted by atomic mass is 9.88. The Kier molecular flexibility index (Phi) is 6.99. The normalized spacial score (nSPS) is 12.4. The fraction of sp³-hybridized carbons (Fsp3) is 0.625. The molecule has 118 valence electrons. The molecule has 0 fully saturated rings. The van der Waals surface area contributed by atoms with E-state index in [1.807, 2.05) is 6.92 Å². The van der Waals surface area contributed by atoms with Crippen LogP contribution in [0.4, 0.5) is 0 Å². The summed E-state index contributed by atoms with van der Waals surface area (Å²) in [6.45, 7) is 6.66. The van der Waals surface area contributed by atoms with E-state index in [9.17, 15) is 9.59 Å². The molecule has 2 N–H and O–H groups in total. The van der Waals surface area contributed by atoms with E-state index in [0.29, 0.717) is 30.6 Å². The predicted molar refractivity (Wildman–Crippen MR) is 80.2 cm³/mol. The van der Waals surface area contributed by atoms with Gasteiger partial charge in [0, 0.05) is 19.4 Å². The zero-order valence-electron chi connectivity index (χ0n) is 13.0. The van der Waals surface area contributed by atoms with E-state index in [-0.39, 0.29) is 12.3 Å². The van der Waals surface area contributed by atoms with Crippen molar-refractivity contribution >= 4 is 11.9 Å². The van der Waals surface area contributed by atoms with Crippen LogP contribution >= 0.6 is 0 Å². The van der Waals surface area contributed by atoms with Gasteiger partial charge in [-0.15, -0.1) is 0 Å². The van der Waals surface area contributed by atoms with Crippen LogP contribution in [0.25, 0.3) is 0 Å². The third-order valence-corrected chi connectivity index (χ3v) is 3.71. The number of amides is 1. The second-order valence-corrected chi connectivity index (χ2v) is 5.60. The maximum absolute atomic E-state index is 11.9. The van der Waals surface area contributed by atoms with Gasteiger partial charge in [-0.1, -0.05) is 20.8 Å². The molecule has 1 heterocycles. The number of hydrogen-bond donors (Lipinski definition) is 2. The van der Waals surface area contributed by atoms with E-state index in [4.69, 9.17) is 9.52 Å². The standard InChI is InChI=1S/C16H25NO4/c1-4-13-6-7-14(21-13)16(20)17-10-9-12(11(2)3)5-8-15(18)19/h6-7,11-12H,4-5,8-10H2,1-3H3,(H,17,20)(H,18,19). The number of nitrogens with one attached hydrogen (secondary N) is 1. The molecule has 1 aromatic rings. The van der Waals surface area contributed by atoms with Crippen LogP contribution in [0.2, 0.25) is 0 Å². The van der Waals surface area contributed by atoms with Gasteiger partial charge in [0.25, 0.3) is 5.91 Å². The summed E-state index contributed by atoms with van der Waals surface area (Å²) in [6, 6.07) is 3.48. The van der Waals surface area contributed by atoms with E-state index in [0.717, 1.165) is 18.6 Å². The maximum atomic E-state index is 11.9. The first-order valence-electron chi connectivity index (χ1n) is 7.52. The molecule has 0 bridgehead atoms. The highest BCUT2D eigenvalue weighted by atomic mass is 16.4. The minimum atomic E-state index is -0.771. The SMILES string of the molecule is CCc1ccc(C(=O)NCCC(CCC(=O)O)C(C)C)o1. The number of carboxylic acid groups (broad SMARTS) is 1. The van der Waals surface area contributed by atoms with Gasteiger partial charge in [-0.3, -0.25) is 9.59 Å². The molecule has 0 radical (unpaired) electrons. The number of rotatable bonds is 9. The summed E-state index contributed by atoms with van der Waals surface area (Å²) in [5.74, 6) is 0.837. The van der Waals surface area contributed by atoms with Crippen LogP contribution in [-0.4, -0.2) is 23.5 Å². The fourth-order valence-electron chi connectivity index (χ4n) is 2.27. The molecule has 0 aromatic carbocycles. The Balaban J connectivity index is 2.38. The van der Waals surface area contributed by atoms with Crippen molar-refractivity contribution in [2.45, 2.75) is 46.5 Å². The highest BCUT2D eigenvalue weighted by Crippen LogP contribution is 2.20. The van der Waals surface area contributed by atoms with Gasteiger partial charge in [-0.05, 0) is 36.8 Å². The molecule has 1 unspecified atom stereocenters. The van der Waals surface area contributed by atoms with Gasteiger partial charge >= 0.3 is 5.97 Å². The van der Waals surface area contributed by atoms with Gasteiger partial charge in [0.1, 0.15) is 5.76 Å². The van der Waals surface area contributed by atoms with Gasteiger partial charge in [0.05, 0.1) is 0 Å². The molecule has 1 aromatic heterocycles. The average Bonchev–Trinajstić information content (AvgIpc) is 2.90. The maximum Gasteiger partial charge on any atom is 0.303 e. The van der Waals surface area contributed by atoms with Crippen LogP contribution < -0.4 is 5.32 Å². The Hall–Kier alpha value is -1.78. The lowest BCUT2D eigenvalue weighted by Crippen LogP contribution is -2.26. The minimum Gasteiger partial charge on any atom is -0.481 e. The number of hydrogen-bond acceptors (Lipinski definition) is 3. The lowest BCUT2D eigenvalue weighted by molar-refractivity contribution is -0.137. The monoisotopic (exact) mass is 295 g/mol. The van der Waals surface area contributed by atoms with Crippen molar-refractivity contribution in [3.8, 4) is 0 Å². The van der Waals surface area contributed by atoms with Gasteiger partial charge in [0.15, 0.2) is 5.76 Å². The Morgan fingerprint density at radius 2 is 2.00 bits per heavy atom. The second-order valence-electron chi connectivity index (χ2n) is 5.60. The number of carboxylic acids is 1. The number of carbonyl (C=O) groups excluding carboxylic acids is 1. The first-order valence-corrected chi connectivity index (χ1v) is 7.52. The van der Waals surface area contributed by atoms with Crippen molar-refractivity contribution in [2.75, 3.05) is 6.54 Å². The molecule has 5 heteroatoms. The topological polar surface area (TPSA) is 79.5 Å². The molecule has 1 rings (SSSR count). The fourth-order valence-corrected chi connectivity index (χ4v) is 2.27. The summed E-state index contributed by atoms with van der Waals surface area (Å²) in [6.07, 6.45) is 2.36. The Bertz CT molecular complexity index is 465. The zero-order valence-corrected chi connectivity index (χ0v) is 13.0. The Morgan fingerprint density at radius 1 is 1.29 bits per heavy atom. The van der Waals surface area contributed by atoms with Crippen molar-refractivity contribution in [3.05, 3.63) is 23.7 Å². The summed E-state index contributed by atoms with van der Waals surface area (Å²) >= 11 is 0. The molecule has 0 spiro atoms. The van der Waals surface area contributed by atoms with Gasteiger partial charge < -0.3 is 14.8 Å². The second kappa shape index (κ2) is 8.49. The van der Waals surface area contributed by atoms with E-state index >= 15 is 0 Å². The van der Waals surface area contributed by atoms with Gasteiger partial charge in [-0.25, -0.2) is 0 Å². The van der Waals surface area contributed by atoms with Crippen LogP contribution in [-0.2, 0) is 11.2 Å². The van der Waals surface area contributed by atoms with Crippen molar-refractivity contribution in [3.63, 3.8) is 0 Å². The minimum absolute atomic E-state index is 0.175. The van der Waals surface area contributed by atoms with Gasteiger partial charge in [0.2, 0.25) is 0 Å². The number of aryl methyl sites for hydroxylation is 1. The third-order valence-electron chi connectivity index (χ3n) is 3.71. The predicted octanol–water partition coefficient (Wildman–Crippen LogP) is 3.10. The summed E-state index contributed by atoms with van der Waals surface area (Å²) in [4.78, 5) is 22.5. The molecular weight excluding hydrogens is 270 g/mol. The largest absolute Gasteiger partial charge is 0.481 e. The van der Waals surface area contributed by atoms with Crippen molar-refractivity contribution in [1.82, 2.24) is 5.32 Å². The first kappa shape index (κ1) is 17.3.